The monoisotopic (exact) mass is 325 g/mol. The fourth-order valence-electron chi connectivity index (χ4n) is 2.23. The molecule has 2 heterocycles. The van der Waals surface area contributed by atoms with Gasteiger partial charge >= 0.3 is 5.70 Å². The molecule has 1 aromatic rings. The van der Waals surface area contributed by atoms with Gasteiger partial charge < -0.3 is 15.3 Å². The molecule has 0 aliphatic carbocycles. The van der Waals surface area contributed by atoms with Gasteiger partial charge in [-0.05, 0) is 18.6 Å². The van der Waals surface area contributed by atoms with Crippen LogP contribution in [0.5, 0.6) is 0 Å². The summed E-state index contributed by atoms with van der Waals surface area (Å²) >= 11 is 5.70. The van der Waals surface area contributed by atoms with Gasteiger partial charge in [-0.15, -0.1) is 0 Å². The molecule has 1 unspecified atom stereocenters. The predicted molar refractivity (Wildman–Crippen MR) is 81.5 cm³/mol. The van der Waals surface area contributed by atoms with Crippen molar-refractivity contribution in [3.63, 3.8) is 0 Å². The molecule has 0 aromatic carbocycles. The maximum atomic E-state index is 10.8. The molecule has 9 heteroatoms. The fraction of sp³-hybridized carbons (Fsp3) is 0.385. The quantitative estimate of drug-likeness (QED) is 0.316. The largest absolute Gasteiger partial charge is 0.504 e. The molecular formula is C13H16ClN5O3. The van der Waals surface area contributed by atoms with Crippen LogP contribution in [-0.2, 0) is 6.54 Å². The molecule has 0 amide bonds. The first-order valence-electron chi connectivity index (χ1n) is 6.66. The van der Waals surface area contributed by atoms with Crippen LogP contribution in [0.25, 0.3) is 0 Å². The molecule has 22 heavy (non-hydrogen) atoms. The summed E-state index contributed by atoms with van der Waals surface area (Å²) in [5, 5.41) is 32.0. The van der Waals surface area contributed by atoms with Gasteiger partial charge in [0.05, 0.1) is 11.0 Å². The Morgan fingerprint density at radius 3 is 2.86 bits per heavy atom. The van der Waals surface area contributed by atoms with E-state index in [1.165, 1.54) is 4.90 Å². The third-order valence-electron chi connectivity index (χ3n) is 3.45. The highest BCUT2D eigenvalue weighted by atomic mass is 35.5. The van der Waals surface area contributed by atoms with Crippen molar-refractivity contribution in [1.29, 1.82) is 5.41 Å². The molecule has 0 bridgehead atoms. The van der Waals surface area contributed by atoms with E-state index in [1.54, 1.807) is 19.2 Å². The van der Waals surface area contributed by atoms with Crippen molar-refractivity contribution in [2.24, 2.45) is 0 Å². The first-order valence-corrected chi connectivity index (χ1v) is 7.04. The number of nitro groups is 1. The third-order valence-corrected chi connectivity index (χ3v) is 3.67. The van der Waals surface area contributed by atoms with Crippen molar-refractivity contribution in [2.75, 3.05) is 13.1 Å². The molecule has 118 valence electrons. The van der Waals surface area contributed by atoms with Crippen LogP contribution in [0.3, 0.4) is 0 Å². The highest BCUT2D eigenvalue weighted by Gasteiger charge is 2.41. The van der Waals surface area contributed by atoms with Gasteiger partial charge in [-0.2, -0.15) is 0 Å². The molecule has 0 saturated heterocycles. The summed E-state index contributed by atoms with van der Waals surface area (Å²) in [6, 6.07) is 2.98. The molecule has 3 N–H and O–H groups in total. The average Bonchev–Trinajstić information content (AvgIpc) is 2.68. The van der Waals surface area contributed by atoms with E-state index in [0.29, 0.717) is 24.8 Å². The minimum atomic E-state index is -0.721. The Kier molecular flexibility index (Phi) is 4.94. The van der Waals surface area contributed by atoms with Crippen LogP contribution in [0, 0.1) is 15.5 Å². The number of nitrogens with one attached hydrogen (secondary N) is 2. The van der Waals surface area contributed by atoms with E-state index in [-0.39, 0.29) is 11.6 Å². The average molecular weight is 326 g/mol. The number of hydrogen-bond acceptors (Lipinski definition) is 6. The van der Waals surface area contributed by atoms with Crippen molar-refractivity contribution in [1.82, 2.24) is 15.2 Å². The number of nitrogens with zero attached hydrogens (tertiary/aromatic N) is 3. The SMILES string of the molecule is CC1C(O)=C([N+](=O)[O-])C(=N)N1CCNCc1ccc(Cl)nc1. The molecule has 0 spiro atoms. The van der Waals surface area contributed by atoms with E-state index in [9.17, 15) is 15.2 Å². The highest BCUT2D eigenvalue weighted by Crippen LogP contribution is 2.23. The predicted octanol–water partition coefficient (Wildman–Crippen LogP) is 1.55. The molecule has 1 aromatic heterocycles. The molecule has 0 radical (unpaired) electrons. The van der Waals surface area contributed by atoms with E-state index in [2.05, 4.69) is 10.3 Å². The summed E-state index contributed by atoms with van der Waals surface area (Å²) in [4.78, 5) is 15.6. The van der Waals surface area contributed by atoms with Gasteiger partial charge in [0.15, 0.2) is 5.76 Å². The van der Waals surface area contributed by atoms with Gasteiger partial charge in [-0.25, -0.2) is 4.98 Å². The highest BCUT2D eigenvalue weighted by molar-refractivity contribution is 6.29. The molecule has 0 fully saturated rings. The van der Waals surface area contributed by atoms with Crippen LogP contribution < -0.4 is 5.32 Å². The van der Waals surface area contributed by atoms with Gasteiger partial charge in [0.25, 0.3) is 0 Å². The first-order chi connectivity index (χ1) is 10.4. The molecule has 1 aliphatic rings. The minimum absolute atomic E-state index is 0.259. The Balaban J connectivity index is 1.84. The summed E-state index contributed by atoms with van der Waals surface area (Å²) in [6.07, 6.45) is 1.66. The molecule has 2 rings (SSSR count). The molecular weight excluding hydrogens is 310 g/mol. The summed E-state index contributed by atoms with van der Waals surface area (Å²) in [6.45, 7) is 3.08. The maximum absolute atomic E-state index is 10.8. The van der Waals surface area contributed by atoms with Crippen molar-refractivity contribution < 1.29 is 10.0 Å². The number of aliphatic hydroxyl groups is 1. The Morgan fingerprint density at radius 2 is 2.32 bits per heavy atom. The molecule has 1 aliphatic heterocycles. The van der Waals surface area contributed by atoms with Gasteiger partial charge in [0, 0.05) is 25.8 Å². The zero-order valence-corrected chi connectivity index (χ0v) is 12.7. The first kappa shape index (κ1) is 16.2. The van der Waals surface area contributed by atoms with Gasteiger partial charge in [0.1, 0.15) is 5.15 Å². The Hall–Kier alpha value is -2.19. The van der Waals surface area contributed by atoms with Crippen molar-refractivity contribution in [3.05, 3.63) is 50.6 Å². The van der Waals surface area contributed by atoms with Crippen LogP contribution in [0.2, 0.25) is 5.15 Å². The number of halogens is 1. The zero-order chi connectivity index (χ0) is 16.3. The van der Waals surface area contributed by atoms with Gasteiger partial charge in [-0.1, -0.05) is 17.7 Å². The number of rotatable bonds is 6. The lowest BCUT2D eigenvalue weighted by Gasteiger charge is -2.22. The molecule has 8 nitrogen and oxygen atoms in total. The number of aliphatic hydroxyl groups excluding tert-OH is 1. The third kappa shape index (κ3) is 3.34. The van der Waals surface area contributed by atoms with Crippen LogP contribution in [0.4, 0.5) is 0 Å². The summed E-state index contributed by atoms with van der Waals surface area (Å²) in [5.74, 6) is -0.623. The smallest absolute Gasteiger partial charge is 0.350 e. The maximum Gasteiger partial charge on any atom is 0.350 e. The number of amidine groups is 1. The van der Waals surface area contributed by atoms with Crippen molar-refractivity contribution >= 4 is 17.4 Å². The minimum Gasteiger partial charge on any atom is -0.504 e. The Bertz CT molecular complexity index is 617. The molecule has 1 atom stereocenters. The lowest BCUT2D eigenvalue weighted by atomic mass is 10.3. The van der Waals surface area contributed by atoms with Crippen LogP contribution >= 0.6 is 11.6 Å². The van der Waals surface area contributed by atoms with E-state index < -0.39 is 16.7 Å². The topological polar surface area (TPSA) is 115 Å². The van der Waals surface area contributed by atoms with Gasteiger partial charge in [-0.3, -0.25) is 15.5 Å². The number of pyridine rings is 1. The van der Waals surface area contributed by atoms with Gasteiger partial charge in [0.2, 0.25) is 5.84 Å². The second kappa shape index (κ2) is 6.71. The molecule has 0 saturated carbocycles. The normalized spacial score (nSPS) is 18.2. The lowest BCUT2D eigenvalue weighted by Crippen LogP contribution is -2.39. The van der Waals surface area contributed by atoms with E-state index in [0.717, 1.165) is 5.56 Å². The number of aromatic nitrogens is 1. The lowest BCUT2D eigenvalue weighted by molar-refractivity contribution is -0.417. The van der Waals surface area contributed by atoms with Crippen LogP contribution in [-0.4, -0.2) is 44.9 Å². The van der Waals surface area contributed by atoms with Crippen molar-refractivity contribution in [3.8, 4) is 0 Å². The fourth-order valence-corrected chi connectivity index (χ4v) is 2.34. The van der Waals surface area contributed by atoms with Crippen molar-refractivity contribution in [2.45, 2.75) is 19.5 Å². The van der Waals surface area contributed by atoms with Crippen LogP contribution in [0.1, 0.15) is 12.5 Å². The Morgan fingerprint density at radius 1 is 1.59 bits per heavy atom. The second-order valence-corrected chi connectivity index (χ2v) is 5.26. The van der Waals surface area contributed by atoms with E-state index in [4.69, 9.17) is 17.0 Å². The van der Waals surface area contributed by atoms with E-state index >= 15 is 0 Å². The summed E-state index contributed by atoms with van der Waals surface area (Å²) in [7, 11) is 0. The van der Waals surface area contributed by atoms with Crippen LogP contribution in [0.15, 0.2) is 29.8 Å². The summed E-state index contributed by atoms with van der Waals surface area (Å²) in [5.41, 5.74) is 0.440. The summed E-state index contributed by atoms with van der Waals surface area (Å²) < 4.78 is 0. The second-order valence-electron chi connectivity index (χ2n) is 4.87. The number of hydrogen-bond donors (Lipinski definition) is 3. The standard InChI is InChI=1S/C13H16ClN5O3/c1-8-12(20)11(19(21)22)13(15)18(8)5-4-16-6-9-2-3-10(14)17-7-9/h2-3,7-8,15-16,20H,4-6H2,1H3. The zero-order valence-electron chi connectivity index (χ0n) is 11.9. The van der Waals surface area contributed by atoms with E-state index in [1.807, 2.05) is 6.07 Å². The Labute approximate surface area is 132 Å².